The molecular weight excluding hydrogens is 234 g/mol. The summed E-state index contributed by atoms with van der Waals surface area (Å²) in [6.07, 6.45) is 1.11. The van der Waals surface area contributed by atoms with E-state index in [0.29, 0.717) is 11.8 Å². The Kier molecular flexibility index (Phi) is 4.69. The van der Waals surface area contributed by atoms with Crippen LogP contribution in [0.5, 0.6) is 5.75 Å². The van der Waals surface area contributed by atoms with Gasteiger partial charge in [-0.25, -0.2) is 0 Å². The van der Waals surface area contributed by atoms with Crippen LogP contribution in [0.2, 0.25) is 0 Å². The topological polar surface area (TPSA) is 12.5 Å². The Hall–Kier alpha value is -0.730. The minimum atomic E-state index is 0.586. The maximum atomic E-state index is 5.83. The molecule has 2 nitrogen and oxygen atoms in total. The molecule has 1 aliphatic heterocycles. The van der Waals surface area contributed by atoms with E-state index < -0.39 is 0 Å². The smallest absolute Gasteiger partial charge is 0.122 e. The fourth-order valence-corrected chi connectivity index (χ4v) is 2.65. The second kappa shape index (κ2) is 6.27. The molecular formula is C14H20ClNO. The minimum absolute atomic E-state index is 0.586. The van der Waals surface area contributed by atoms with Crippen molar-refractivity contribution in [2.45, 2.75) is 19.3 Å². The molecule has 1 unspecified atom stereocenters. The Labute approximate surface area is 109 Å². The van der Waals surface area contributed by atoms with Gasteiger partial charge in [-0.05, 0) is 24.6 Å². The van der Waals surface area contributed by atoms with Gasteiger partial charge in [0.2, 0.25) is 0 Å². The number of likely N-dealkylation sites (N-methyl/N-ethyl adjacent to an activating group) is 1. The minimum Gasteiger partial charge on any atom is -0.493 e. The number of rotatable bonds is 5. The van der Waals surface area contributed by atoms with Gasteiger partial charge in [-0.15, -0.1) is 11.6 Å². The highest BCUT2D eigenvalue weighted by atomic mass is 35.5. The summed E-state index contributed by atoms with van der Waals surface area (Å²) in [5, 5.41) is 0. The highest BCUT2D eigenvalue weighted by Crippen LogP contribution is 2.33. The summed E-state index contributed by atoms with van der Waals surface area (Å²) in [4.78, 5) is 2.42. The van der Waals surface area contributed by atoms with Crippen LogP contribution >= 0.6 is 11.6 Å². The fraction of sp³-hybridized carbons (Fsp3) is 0.571. The molecule has 1 aliphatic rings. The Bertz CT molecular complexity index is 356. The van der Waals surface area contributed by atoms with Gasteiger partial charge in [0.25, 0.3) is 0 Å². The molecule has 0 aromatic heterocycles. The lowest BCUT2D eigenvalue weighted by atomic mass is 9.92. The third kappa shape index (κ3) is 3.14. The summed E-state index contributed by atoms with van der Waals surface area (Å²) in [5.41, 5.74) is 1.35. The largest absolute Gasteiger partial charge is 0.493 e. The summed E-state index contributed by atoms with van der Waals surface area (Å²) < 4.78 is 5.68. The number of para-hydroxylation sites is 1. The Balaban J connectivity index is 2.07. The van der Waals surface area contributed by atoms with Crippen LogP contribution in [0, 0.1) is 0 Å². The summed E-state index contributed by atoms with van der Waals surface area (Å²) in [7, 11) is 0. The first-order valence-electron chi connectivity index (χ1n) is 6.35. The van der Waals surface area contributed by atoms with Crippen molar-refractivity contribution in [3.63, 3.8) is 0 Å². The van der Waals surface area contributed by atoms with E-state index in [0.717, 1.165) is 38.4 Å². The van der Waals surface area contributed by atoms with Crippen LogP contribution in [0.15, 0.2) is 24.3 Å². The molecule has 1 aromatic rings. The molecule has 0 spiro atoms. The Morgan fingerprint density at radius 1 is 1.41 bits per heavy atom. The van der Waals surface area contributed by atoms with Crippen molar-refractivity contribution in [3.05, 3.63) is 29.8 Å². The summed E-state index contributed by atoms with van der Waals surface area (Å²) in [6, 6.07) is 8.39. The maximum Gasteiger partial charge on any atom is 0.122 e. The molecule has 1 aromatic carbocycles. The lowest BCUT2D eigenvalue weighted by Gasteiger charge is -2.30. The van der Waals surface area contributed by atoms with Crippen molar-refractivity contribution in [2.24, 2.45) is 0 Å². The monoisotopic (exact) mass is 253 g/mol. The molecule has 0 saturated carbocycles. The second-order valence-electron chi connectivity index (χ2n) is 4.45. The lowest BCUT2D eigenvalue weighted by molar-refractivity contribution is 0.222. The van der Waals surface area contributed by atoms with Crippen molar-refractivity contribution in [1.29, 1.82) is 0 Å². The van der Waals surface area contributed by atoms with E-state index >= 15 is 0 Å². The van der Waals surface area contributed by atoms with Gasteiger partial charge in [0, 0.05) is 24.9 Å². The molecule has 0 fully saturated rings. The van der Waals surface area contributed by atoms with Gasteiger partial charge in [-0.2, -0.15) is 0 Å². The van der Waals surface area contributed by atoms with Crippen LogP contribution in [0.4, 0.5) is 0 Å². The third-order valence-electron chi connectivity index (χ3n) is 3.41. The molecule has 2 rings (SSSR count). The molecule has 0 amide bonds. The van der Waals surface area contributed by atoms with Crippen LogP contribution in [0.25, 0.3) is 0 Å². The van der Waals surface area contributed by atoms with Gasteiger partial charge < -0.3 is 9.64 Å². The second-order valence-corrected chi connectivity index (χ2v) is 4.83. The van der Waals surface area contributed by atoms with Crippen LogP contribution < -0.4 is 4.74 Å². The number of hydrogen-bond donors (Lipinski definition) is 0. The quantitative estimate of drug-likeness (QED) is 0.748. The predicted octanol–water partition coefficient (Wildman–Crippen LogP) is 3.11. The van der Waals surface area contributed by atoms with E-state index in [4.69, 9.17) is 16.3 Å². The molecule has 0 bridgehead atoms. The van der Waals surface area contributed by atoms with E-state index in [1.807, 2.05) is 6.07 Å². The zero-order chi connectivity index (χ0) is 12.1. The standard InChI is InChI=1S/C14H20ClNO/c1-2-16(9-8-15)11-12-7-10-17-14-6-4-3-5-13(12)14/h3-6,12H,2,7-11H2,1H3. The first kappa shape index (κ1) is 12.7. The number of benzene rings is 1. The normalized spacial score (nSPS) is 18.9. The highest BCUT2D eigenvalue weighted by molar-refractivity contribution is 6.18. The van der Waals surface area contributed by atoms with Gasteiger partial charge in [-0.3, -0.25) is 0 Å². The summed E-state index contributed by atoms with van der Waals surface area (Å²) in [5.74, 6) is 2.35. The first-order chi connectivity index (χ1) is 8.35. The lowest BCUT2D eigenvalue weighted by Crippen LogP contribution is -2.32. The third-order valence-corrected chi connectivity index (χ3v) is 3.58. The molecule has 0 N–H and O–H groups in total. The summed E-state index contributed by atoms with van der Waals surface area (Å²) in [6.45, 7) is 6.14. The fourth-order valence-electron chi connectivity index (χ4n) is 2.42. The Morgan fingerprint density at radius 2 is 2.24 bits per heavy atom. The SMILES string of the molecule is CCN(CCCl)CC1CCOc2ccccc21. The average Bonchev–Trinajstić information content (AvgIpc) is 2.38. The van der Waals surface area contributed by atoms with Crippen LogP contribution in [-0.4, -0.2) is 37.0 Å². The van der Waals surface area contributed by atoms with Gasteiger partial charge in [0.1, 0.15) is 5.75 Å². The maximum absolute atomic E-state index is 5.83. The first-order valence-corrected chi connectivity index (χ1v) is 6.88. The molecule has 0 aliphatic carbocycles. The van der Waals surface area contributed by atoms with Crippen molar-refractivity contribution in [2.75, 3.05) is 32.1 Å². The molecule has 94 valence electrons. The molecule has 0 radical (unpaired) electrons. The number of ether oxygens (including phenoxy) is 1. The van der Waals surface area contributed by atoms with E-state index in [2.05, 4.69) is 30.0 Å². The molecule has 17 heavy (non-hydrogen) atoms. The zero-order valence-corrected chi connectivity index (χ0v) is 11.1. The van der Waals surface area contributed by atoms with Crippen LogP contribution in [-0.2, 0) is 0 Å². The van der Waals surface area contributed by atoms with Crippen molar-refractivity contribution < 1.29 is 4.74 Å². The molecule has 3 heteroatoms. The number of halogens is 1. The number of nitrogens with zero attached hydrogens (tertiary/aromatic N) is 1. The van der Waals surface area contributed by atoms with E-state index in [1.54, 1.807) is 0 Å². The number of fused-ring (bicyclic) bond motifs is 1. The van der Waals surface area contributed by atoms with Crippen LogP contribution in [0.1, 0.15) is 24.8 Å². The van der Waals surface area contributed by atoms with Crippen molar-refractivity contribution >= 4 is 11.6 Å². The number of alkyl halides is 1. The number of hydrogen-bond acceptors (Lipinski definition) is 2. The van der Waals surface area contributed by atoms with Gasteiger partial charge in [-0.1, -0.05) is 25.1 Å². The van der Waals surface area contributed by atoms with Gasteiger partial charge in [0.05, 0.1) is 6.61 Å². The Morgan fingerprint density at radius 3 is 3.00 bits per heavy atom. The highest BCUT2D eigenvalue weighted by Gasteiger charge is 2.22. The predicted molar refractivity (Wildman–Crippen MR) is 72.1 cm³/mol. The van der Waals surface area contributed by atoms with E-state index in [9.17, 15) is 0 Å². The van der Waals surface area contributed by atoms with Gasteiger partial charge in [0.15, 0.2) is 0 Å². The molecule has 1 heterocycles. The van der Waals surface area contributed by atoms with E-state index in [-0.39, 0.29) is 0 Å². The molecule has 0 saturated heterocycles. The van der Waals surface area contributed by atoms with Gasteiger partial charge >= 0.3 is 0 Å². The zero-order valence-electron chi connectivity index (χ0n) is 10.4. The summed E-state index contributed by atoms with van der Waals surface area (Å²) >= 11 is 5.83. The van der Waals surface area contributed by atoms with Crippen molar-refractivity contribution in [1.82, 2.24) is 4.90 Å². The van der Waals surface area contributed by atoms with Crippen LogP contribution in [0.3, 0.4) is 0 Å². The van der Waals surface area contributed by atoms with Crippen molar-refractivity contribution in [3.8, 4) is 5.75 Å². The van der Waals surface area contributed by atoms with E-state index in [1.165, 1.54) is 5.56 Å². The average molecular weight is 254 g/mol. The molecule has 1 atom stereocenters.